The normalized spacial score (nSPS) is 27.7. The van der Waals surface area contributed by atoms with E-state index in [1.54, 1.807) is 0 Å². The van der Waals surface area contributed by atoms with E-state index in [0.29, 0.717) is 5.92 Å². The van der Waals surface area contributed by atoms with Crippen LogP contribution in [0.15, 0.2) is 18.2 Å². The fourth-order valence-electron chi connectivity index (χ4n) is 2.65. The number of nitrogens with one attached hydrogen (secondary N) is 1. The summed E-state index contributed by atoms with van der Waals surface area (Å²) in [6, 6.07) is 4.21. The zero-order chi connectivity index (χ0) is 12.5. The molecule has 18 heavy (non-hydrogen) atoms. The highest BCUT2D eigenvalue weighted by Gasteiger charge is 2.40. The van der Waals surface area contributed by atoms with Crippen LogP contribution >= 0.6 is 0 Å². The van der Waals surface area contributed by atoms with Crippen LogP contribution in [0.4, 0.5) is 8.78 Å². The van der Waals surface area contributed by atoms with E-state index in [1.165, 1.54) is 31.0 Å². The van der Waals surface area contributed by atoms with Gasteiger partial charge in [0.1, 0.15) is 11.6 Å². The number of ether oxygens (including phenoxy) is 1. The molecule has 0 bridgehead atoms. The standard InChI is InChI=1S/C14H17F2NO/c15-11-2-1-3-12(16)10(11)8-17-13-6-7-18-14(13)9-4-5-9/h1-3,9,13-14,17H,4-8H2. The number of rotatable bonds is 4. The maximum absolute atomic E-state index is 13.5. The lowest BCUT2D eigenvalue weighted by Gasteiger charge is -2.19. The van der Waals surface area contributed by atoms with Gasteiger partial charge >= 0.3 is 0 Å². The van der Waals surface area contributed by atoms with Gasteiger partial charge in [-0.15, -0.1) is 0 Å². The molecular formula is C14H17F2NO. The summed E-state index contributed by atoms with van der Waals surface area (Å²) < 4.78 is 32.7. The van der Waals surface area contributed by atoms with E-state index in [4.69, 9.17) is 4.74 Å². The van der Waals surface area contributed by atoms with Crippen LogP contribution in [0.5, 0.6) is 0 Å². The van der Waals surface area contributed by atoms with Gasteiger partial charge in [-0.25, -0.2) is 8.78 Å². The molecule has 0 amide bonds. The van der Waals surface area contributed by atoms with Crippen molar-refractivity contribution in [3.05, 3.63) is 35.4 Å². The molecule has 4 heteroatoms. The minimum absolute atomic E-state index is 0.124. The van der Waals surface area contributed by atoms with Gasteiger partial charge in [0.25, 0.3) is 0 Å². The Balaban J connectivity index is 1.63. The van der Waals surface area contributed by atoms with E-state index in [-0.39, 0.29) is 24.3 Å². The summed E-state index contributed by atoms with van der Waals surface area (Å²) in [6.07, 6.45) is 3.60. The Morgan fingerprint density at radius 2 is 1.89 bits per heavy atom. The highest BCUT2D eigenvalue weighted by Crippen LogP contribution is 2.38. The van der Waals surface area contributed by atoms with E-state index in [1.807, 2.05) is 0 Å². The highest BCUT2D eigenvalue weighted by molar-refractivity contribution is 5.19. The van der Waals surface area contributed by atoms with E-state index in [2.05, 4.69) is 5.32 Å². The van der Waals surface area contributed by atoms with E-state index in [0.717, 1.165) is 13.0 Å². The van der Waals surface area contributed by atoms with Gasteiger partial charge in [-0.2, -0.15) is 0 Å². The minimum atomic E-state index is -0.482. The zero-order valence-corrected chi connectivity index (χ0v) is 10.2. The molecule has 2 fully saturated rings. The second kappa shape index (κ2) is 4.94. The number of benzene rings is 1. The molecular weight excluding hydrogens is 236 g/mol. The van der Waals surface area contributed by atoms with Gasteiger partial charge in [0.15, 0.2) is 0 Å². The summed E-state index contributed by atoms with van der Waals surface area (Å²) in [5.74, 6) is -0.316. The van der Waals surface area contributed by atoms with Crippen molar-refractivity contribution in [3.8, 4) is 0 Å². The van der Waals surface area contributed by atoms with Crippen molar-refractivity contribution in [2.24, 2.45) is 5.92 Å². The van der Waals surface area contributed by atoms with E-state index >= 15 is 0 Å². The maximum atomic E-state index is 13.5. The number of hydrogen-bond acceptors (Lipinski definition) is 2. The molecule has 0 radical (unpaired) electrons. The molecule has 1 saturated carbocycles. The van der Waals surface area contributed by atoms with Gasteiger partial charge in [0.05, 0.1) is 6.10 Å². The van der Waals surface area contributed by atoms with Crippen molar-refractivity contribution in [2.45, 2.75) is 38.0 Å². The largest absolute Gasteiger partial charge is 0.376 e. The molecule has 2 unspecified atom stereocenters. The first kappa shape index (κ1) is 12.1. The second-order valence-corrected chi connectivity index (χ2v) is 5.15. The topological polar surface area (TPSA) is 21.3 Å². The van der Waals surface area contributed by atoms with Crippen LogP contribution in [0.25, 0.3) is 0 Å². The average Bonchev–Trinajstić information content (AvgIpc) is 3.09. The quantitative estimate of drug-likeness (QED) is 0.890. The Hall–Kier alpha value is -1.00. The molecule has 1 aliphatic carbocycles. The van der Waals surface area contributed by atoms with Crippen LogP contribution in [0.1, 0.15) is 24.8 Å². The molecule has 1 aromatic carbocycles. The minimum Gasteiger partial charge on any atom is -0.376 e. The maximum Gasteiger partial charge on any atom is 0.130 e. The summed E-state index contributed by atoms with van der Waals surface area (Å²) >= 11 is 0. The van der Waals surface area contributed by atoms with Crippen LogP contribution in [0.3, 0.4) is 0 Å². The van der Waals surface area contributed by atoms with Gasteiger partial charge < -0.3 is 10.1 Å². The lowest BCUT2D eigenvalue weighted by Crippen LogP contribution is -2.37. The third kappa shape index (κ3) is 2.40. The summed E-state index contributed by atoms with van der Waals surface area (Å²) in [4.78, 5) is 0. The van der Waals surface area contributed by atoms with Crippen molar-refractivity contribution in [3.63, 3.8) is 0 Å². The smallest absolute Gasteiger partial charge is 0.130 e. The van der Waals surface area contributed by atoms with Crippen LogP contribution in [-0.2, 0) is 11.3 Å². The Bertz CT molecular complexity index is 414. The summed E-state index contributed by atoms with van der Waals surface area (Å²) in [7, 11) is 0. The third-order valence-corrected chi connectivity index (χ3v) is 3.83. The van der Waals surface area contributed by atoms with Gasteiger partial charge in [0.2, 0.25) is 0 Å². The Morgan fingerprint density at radius 3 is 2.56 bits per heavy atom. The molecule has 2 aliphatic rings. The molecule has 98 valence electrons. The summed E-state index contributed by atoms with van der Waals surface area (Å²) in [5.41, 5.74) is 0.124. The first-order valence-electron chi connectivity index (χ1n) is 6.53. The van der Waals surface area contributed by atoms with Crippen LogP contribution in [-0.4, -0.2) is 18.8 Å². The predicted octanol–water partition coefficient (Wildman–Crippen LogP) is 2.62. The summed E-state index contributed by atoms with van der Waals surface area (Å²) in [5, 5.41) is 3.25. The molecule has 2 atom stereocenters. The van der Waals surface area contributed by atoms with Gasteiger partial charge in [-0.3, -0.25) is 0 Å². The molecule has 0 aromatic heterocycles. The Labute approximate surface area is 105 Å². The Morgan fingerprint density at radius 1 is 1.17 bits per heavy atom. The average molecular weight is 253 g/mol. The van der Waals surface area contributed by atoms with Crippen LogP contribution in [0, 0.1) is 17.6 Å². The molecule has 1 saturated heterocycles. The fraction of sp³-hybridized carbons (Fsp3) is 0.571. The molecule has 2 nitrogen and oxygen atoms in total. The molecule has 1 N–H and O–H groups in total. The SMILES string of the molecule is Fc1cccc(F)c1CNC1CCOC1C1CC1. The molecule has 0 spiro atoms. The first-order valence-corrected chi connectivity index (χ1v) is 6.53. The predicted molar refractivity (Wildman–Crippen MR) is 64.1 cm³/mol. The summed E-state index contributed by atoms with van der Waals surface area (Å²) in [6.45, 7) is 0.980. The van der Waals surface area contributed by atoms with Crippen LogP contribution < -0.4 is 5.32 Å². The van der Waals surface area contributed by atoms with Gasteiger partial charge in [0, 0.05) is 24.8 Å². The van der Waals surface area contributed by atoms with Crippen LogP contribution in [0.2, 0.25) is 0 Å². The van der Waals surface area contributed by atoms with E-state index in [9.17, 15) is 8.78 Å². The highest BCUT2D eigenvalue weighted by atomic mass is 19.1. The van der Waals surface area contributed by atoms with Crippen molar-refractivity contribution >= 4 is 0 Å². The number of halogens is 2. The molecule has 1 heterocycles. The van der Waals surface area contributed by atoms with Crippen molar-refractivity contribution in [1.29, 1.82) is 0 Å². The lowest BCUT2D eigenvalue weighted by atomic mass is 10.1. The first-order chi connectivity index (χ1) is 8.75. The van der Waals surface area contributed by atoms with Gasteiger partial charge in [-0.05, 0) is 37.3 Å². The third-order valence-electron chi connectivity index (χ3n) is 3.83. The van der Waals surface area contributed by atoms with E-state index < -0.39 is 11.6 Å². The van der Waals surface area contributed by atoms with Crippen molar-refractivity contribution in [2.75, 3.05) is 6.61 Å². The molecule has 1 aliphatic heterocycles. The second-order valence-electron chi connectivity index (χ2n) is 5.15. The fourth-order valence-corrected chi connectivity index (χ4v) is 2.65. The number of hydrogen-bond donors (Lipinski definition) is 1. The Kier molecular flexibility index (Phi) is 3.31. The monoisotopic (exact) mass is 253 g/mol. The lowest BCUT2D eigenvalue weighted by molar-refractivity contribution is 0.0807. The zero-order valence-electron chi connectivity index (χ0n) is 10.2. The molecule has 1 aromatic rings. The van der Waals surface area contributed by atoms with Crippen molar-refractivity contribution in [1.82, 2.24) is 5.32 Å². The van der Waals surface area contributed by atoms with Crippen molar-refractivity contribution < 1.29 is 13.5 Å². The molecule has 3 rings (SSSR count). The van der Waals surface area contributed by atoms with Gasteiger partial charge in [-0.1, -0.05) is 6.07 Å².